The van der Waals surface area contributed by atoms with E-state index in [9.17, 15) is 0 Å². The van der Waals surface area contributed by atoms with Crippen LogP contribution in [0, 0.1) is 6.92 Å². The molecule has 0 saturated heterocycles. The third kappa shape index (κ3) is 3.99. The Morgan fingerprint density at radius 3 is 2.75 bits per heavy atom. The third-order valence-electron chi connectivity index (χ3n) is 2.56. The first-order chi connectivity index (χ1) is 9.67. The Balaban J connectivity index is 1.82. The van der Waals surface area contributed by atoms with Crippen LogP contribution >= 0.6 is 0 Å². The summed E-state index contributed by atoms with van der Waals surface area (Å²) >= 11 is 0. The van der Waals surface area contributed by atoms with Crippen LogP contribution in [-0.2, 0) is 0 Å². The molecule has 0 aliphatic carbocycles. The van der Waals surface area contributed by atoms with Crippen LogP contribution in [0.2, 0.25) is 0 Å². The van der Waals surface area contributed by atoms with Crippen LogP contribution < -0.4 is 27.1 Å². The van der Waals surface area contributed by atoms with Gasteiger partial charge in [0, 0.05) is 6.07 Å². The molecule has 1 aromatic heterocycles. The van der Waals surface area contributed by atoms with Gasteiger partial charge < -0.3 is 21.2 Å². The first-order valence-electron chi connectivity index (χ1n) is 6.22. The van der Waals surface area contributed by atoms with Gasteiger partial charge in [0.1, 0.15) is 24.0 Å². The number of aromatic nitrogens is 2. The summed E-state index contributed by atoms with van der Waals surface area (Å²) in [4.78, 5) is 7.94. The fraction of sp³-hybridized carbons (Fsp3) is 0.231. The second-order valence-corrected chi connectivity index (χ2v) is 4.23. The van der Waals surface area contributed by atoms with E-state index in [1.165, 1.54) is 0 Å². The van der Waals surface area contributed by atoms with E-state index in [1.807, 2.05) is 31.2 Å². The van der Waals surface area contributed by atoms with Crippen molar-refractivity contribution in [3.05, 3.63) is 35.9 Å². The second kappa shape index (κ2) is 6.58. The lowest BCUT2D eigenvalue weighted by molar-refractivity contribution is 0.332. The second-order valence-electron chi connectivity index (χ2n) is 4.23. The number of anilines is 3. The van der Waals surface area contributed by atoms with Crippen LogP contribution in [0.5, 0.6) is 5.75 Å². The van der Waals surface area contributed by atoms with Crippen LogP contribution in [0.1, 0.15) is 5.56 Å². The van der Waals surface area contributed by atoms with Gasteiger partial charge in [0.15, 0.2) is 0 Å². The minimum absolute atomic E-state index is 0.155. The molecular formula is C13H18N6O. The van der Waals surface area contributed by atoms with Crippen molar-refractivity contribution in [3.63, 3.8) is 0 Å². The maximum absolute atomic E-state index is 5.62. The van der Waals surface area contributed by atoms with Crippen molar-refractivity contribution in [1.82, 2.24) is 9.97 Å². The first-order valence-corrected chi connectivity index (χ1v) is 6.22. The van der Waals surface area contributed by atoms with E-state index in [0.717, 1.165) is 11.3 Å². The molecule has 0 radical (unpaired) electrons. The predicted octanol–water partition coefficient (Wildman–Crippen LogP) is 1.14. The number of nitrogens with two attached hydrogens (primary N) is 2. The Labute approximate surface area is 117 Å². The van der Waals surface area contributed by atoms with E-state index >= 15 is 0 Å². The normalized spacial score (nSPS) is 10.1. The van der Waals surface area contributed by atoms with Gasteiger partial charge in [-0.25, -0.2) is 5.84 Å². The minimum Gasteiger partial charge on any atom is -0.492 e. The summed E-state index contributed by atoms with van der Waals surface area (Å²) in [7, 11) is 0. The topological polar surface area (TPSA) is 111 Å². The highest BCUT2D eigenvalue weighted by Crippen LogP contribution is 2.13. The quantitative estimate of drug-likeness (QED) is 0.355. The molecule has 2 rings (SSSR count). The summed E-state index contributed by atoms with van der Waals surface area (Å²) in [5.74, 6) is 7.34. The number of benzene rings is 1. The van der Waals surface area contributed by atoms with Gasteiger partial charge >= 0.3 is 0 Å². The Morgan fingerprint density at radius 2 is 2.00 bits per heavy atom. The number of nitrogens with one attached hydrogen (secondary N) is 2. The molecule has 0 saturated carbocycles. The van der Waals surface area contributed by atoms with Gasteiger partial charge in [0.25, 0.3) is 0 Å². The molecule has 6 N–H and O–H groups in total. The number of hydrogen-bond acceptors (Lipinski definition) is 7. The smallest absolute Gasteiger partial charge is 0.223 e. The molecule has 0 aliphatic rings. The van der Waals surface area contributed by atoms with Gasteiger partial charge in [0.2, 0.25) is 5.95 Å². The highest BCUT2D eigenvalue weighted by molar-refractivity contribution is 5.50. The molecule has 106 valence electrons. The largest absolute Gasteiger partial charge is 0.492 e. The molecule has 1 aromatic carbocycles. The highest BCUT2D eigenvalue weighted by Gasteiger charge is 2.01. The Kier molecular flexibility index (Phi) is 4.56. The number of nitrogens with zero attached hydrogens (tertiary/aromatic N) is 2. The lowest BCUT2D eigenvalue weighted by Gasteiger charge is -2.09. The minimum atomic E-state index is 0.155. The van der Waals surface area contributed by atoms with Crippen LogP contribution in [-0.4, -0.2) is 23.1 Å². The van der Waals surface area contributed by atoms with Crippen molar-refractivity contribution in [2.45, 2.75) is 6.92 Å². The molecule has 0 fully saturated rings. The van der Waals surface area contributed by atoms with Gasteiger partial charge in [-0.3, -0.25) is 0 Å². The number of ether oxygens (including phenoxy) is 1. The number of rotatable bonds is 6. The number of hydrazine groups is 1. The third-order valence-corrected chi connectivity index (χ3v) is 2.56. The molecule has 20 heavy (non-hydrogen) atoms. The average molecular weight is 274 g/mol. The molecule has 1 heterocycles. The molecule has 2 aromatic rings. The lowest BCUT2D eigenvalue weighted by Crippen LogP contribution is -2.15. The standard InChI is InChI=1S/C13H18N6O/c1-9-3-2-4-10(7-9)20-6-5-16-11-8-12(19-15)18-13(14)17-11/h2-4,7-8H,5-6,15H2,1H3,(H4,14,16,17,18,19). The summed E-state index contributed by atoms with van der Waals surface area (Å²) in [6, 6.07) is 9.56. The monoisotopic (exact) mass is 274 g/mol. The van der Waals surface area contributed by atoms with Gasteiger partial charge in [-0.15, -0.1) is 0 Å². The maximum atomic E-state index is 5.62. The van der Waals surface area contributed by atoms with Gasteiger partial charge in [-0.1, -0.05) is 12.1 Å². The fourth-order valence-electron chi connectivity index (χ4n) is 1.68. The van der Waals surface area contributed by atoms with Crippen molar-refractivity contribution in [2.75, 3.05) is 29.6 Å². The highest BCUT2D eigenvalue weighted by atomic mass is 16.5. The molecule has 0 spiro atoms. The molecule has 0 aliphatic heterocycles. The summed E-state index contributed by atoms with van der Waals surface area (Å²) in [6.45, 7) is 3.13. The fourth-order valence-corrected chi connectivity index (χ4v) is 1.68. The summed E-state index contributed by atoms with van der Waals surface area (Å²) in [5, 5.41) is 3.09. The first kappa shape index (κ1) is 13.9. The lowest BCUT2D eigenvalue weighted by atomic mass is 10.2. The SMILES string of the molecule is Cc1cccc(OCCNc2cc(NN)nc(N)n2)c1. The maximum Gasteiger partial charge on any atom is 0.223 e. The molecule has 0 amide bonds. The summed E-state index contributed by atoms with van der Waals surface area (Å²) in [5.41, 5.74) is 9.15. The van der Waals surface area contributed by atoms with Crippen LogP contribution in [0.3, 0.4) is 0 Å². The van der Waals surface area contributed by atoms with E-state index in [4.69, 9.17) is 16.3 Å². The van der Waals surface area contributed by atoms with Gasteiger partial charge in [-0.05, 0) is 24.6 Å². The zero-order chi connectivity index (χ0) is 14.4. The van der Waals surface area contributed by atoms with Crippen molar-refractivity contribution >= 4 is 17.6 Å². The van der Waals surface area contributed by atoms with Crippen molar-refractivity contribution < 1.29 is 4.74 Å². The molecule has 7 nitrogen and oxygen atoms in total. The van der Waals surface area contributed by atoms with Crippen LogP contribution in [0.4, 0.5) is 17.6 Å². The summed E-state index contributed by atoms with van der Waals surface area (Å²) < 4.78 is 5.62. The number of nitrogen functional groups attached to an aromatic ring is 2. The Morgan fingerprint density at radius 1 is 1.20 bits per heavy atom. The zero-order valence-electron chi connectivity index (χ0n) is 11.3. The van der Waals surface area contributed by atoms with Crippen molar-refractivity contribution in [3.8, 4) is 5.75 Å². The van der Waals surface area contributed by atoms with Crippen LogP contribution in [0.15, 0.2) is 30.3 Å². The van der Waals surface area contributed by atoms with E-state index in [0.29, 0.717) is 24.8 Å². The average Bonchev–Trinajstić information content (AvgIpc) is 2.43. The van der Waals surface area contributed by atoms with Crippen molar-refractivity contribution in [2.24, 2.45) is 5.84 Å². The predicted molar refractivity (Wildman–Crippen MR) is 79.4 cm³/mol. The number of hydrogen-bond donors (Lipinski definition) is 4. The summed E-state index contributed by atoms with van der Waals surface area (Å²) in [6.07, 6.45) is 0. The van der Waals surface area contributed by atoms with E-state index in [1.54, 1.807) is 6.07 Å². The molecule has 0 atom stereocenters. The Hall–Kier alpha value is -2.54. The molecule has 0 unspecified atom stereocenters. The van der Waals surface area contributed by atoms with Crippen molar-refractivity contribution in [1.29, 1.82) is 0 Å². The van der Waals surface area contributed by atoms with Gasteiger partial charge in [0.05, 0.1) is 6.54 Å². The Bertz CT molecular complexity index is 575. The van der Waals surface area contributed by atoms with E-state index in [-0.39, 0.29) is 5.95 Å². The molecule has 0 bridgehead atoms. The number of aryl methyl sites for hydroxylation is 1. The van der Waals surface area contributed by atoms with E-state index < -0.39 is 0 Å². The zero-order valence-corrected chi connectivity index (χ0v) is 11.3. The van der Waals surface area contributed by atoms with Crippen LogP contribution in [0.25, 0.3) is 0 Å². The molecular weight excluding hydrogens is 256 g/mol. The molecule has 7 heteroatoms. The van der Waals surface area contributed by atoms with Gasteiger partial charge in [-0.2, -0.15) is 9.97 Å². The van der Waals surface area contributed by atoms with E-state index in [2.05, 4.69) is 20.7 Å².